The van der Waals surface area contributed by atoms with Crippen LogP contribution in [0.15, 0.2) is 50.4 Å². The van der Waals surface area contributed by atoms with Gasteiger partial charge in [-0.15, -0.1) is 0 Å². The van der Waals surface area contributed by atoms with E-state index in [0.717, 1.165) is 16.5 Å². The van der Waals surface area contributed by atoms with E-state index < -0.39 is 23.5 Å². The molecule has 39 heavy (non-hydrogen) atoms. The minimum absolute atomic E-state index is 0.0108. The molecule has 0 spiro atoms. The van der Waals surface area contributed by atoms with Crippen LogP contribution < -0.4 is 10.9 Å². The molecule has 3 heterocycles. The van der Waals surface area contributed by atoms with Gasteiger partial charge in [-0.25, -0.2) is 9.59 Å². The lowest BCUT2D eigenvalue weighted by Gasteiger charge is -2.17. The van der Waals surface area contributed by atoms with Gasteiger partial charge in [0, 0.05) is 45.4 Å². The highest BCUT2D eigenvalue weighted by molar-refractivity contribution is 6.00. The Bertz CT molecular complexity index is 1830. The quantitative estimate of drug-likeness (QED) is 0.226. The number of carbonyl (C=O) groups is 2. The number of benzene rings is 2. The number of aromatic hydroxyl groups is 1. The molecular formula is C30H30N2O7. The molecule has 4 N–H and O–H groups in total. The first kappa shape index (κ1) is 26.1. The van der Waals surface area contributed by atoms with Crippen LogP contribution in [0, 0.1) is 13.8 Å². The lowest BCUT2D eigenvalue weighted by molar-refractivity contribution is -0.141. The molecule has 0 saturated carbocycles. The molecule has 5 aromatic rings. The maximum absolute atomic E-state index is 13.0. The number of furan rings is 1. The number of rotatable bonds is 6. The molecule has 0 bridgehead atoms. The molecule has 202 valence electrons. The Morgan fingerprint density at radius 1 is 1.05 bits per heavy atom. The molecule has 0 unspecified atom stereocenters. The first-order valence-corrected chi connectivity index (χ1v) is 12.6. The molecule has 0 fully saturated rings. The molecule has 0 saturated heterocycles. The summed E-state index contributed by atoms with van der Waals surface area (Å²) in [7, 11) is 0. The Morgan fingerprint density at radius 2 is 1.79 bits per heavy atom. The number of hydrogen-bond donors (Lipinski definition) is 4. The monoisotopic (exact) mass is 530 g/mol. The smallest absolute Gasteiger partial charge is 0.340 e. The SMILES string of the molecule is Cc1c(CC(=O)N[C@H](Cc2c[nH]c3ccc(O)cc23)C(=O)O)c(=O)oc2c(C)c3occ(C(C)(C)C)c3cc12. The van der Waals surface area contributed by atoms with Gasteiger partial charge < -0.3 is 29.3 Å². The van der Waals surface area contributed by atoms with Crippen molar-refractivity contribution in [3.8, 4) is 5.75 Å². The number of phenols is 1. The molecule has 9 heteroatoms. The Balaban J connectivity index is 1.46. The van der Waals surface area contributed by atoms with Gasteiger partial charge in [-0.2, -0.15) is 0 Å². The summed E-state index contributed by atoms with van der Waals surface area (Å²) in [6.07, 6.45) is 3.03. The molecule has 0 radical (unpaired) electrons. The van der Waals surface area contributed by atoms with Gasteiger partial charge in [0.1, 0.15) is 23.0 Å². The summed E-state index contributed by atoms with van der Waals surface area (Å²) in [5.41, 5.74) is 4.06. The number of fused-ring (bicyclic) bond motifs is 3. The van der Waals surface area contributed by atoms with Crippen molar-refractivity contribution in [3.05, 3.63) is 75.0 Å². The van der Waals surface area contributed by atoms with Gasteiger partial charge in [0.2, 0.25) is 5.91 Å². The zero-order valence-electron chi connectivity index (χ0n) is 22.4. The maximum Gasteiger partial charge on any atom is 0.340 e. The van der Waals surface area contributed by atoms with Crippen molar-refractivity contribution in [2.24, 2.45) is 0 Å². The average Bonchev–Trinajstić information content (AvgIpc) is 3.46. The van der Waals surface area contributed by atoms with Crippen molar-refractivity contribution in [3.63, 3.8) is 0 Å². The van der Waals surface area contributed by atoms with Crippen LogP contribution in [0.1, 0.15) is 48.6 Å². The van der Waals surface area contributed by atoms with Crippen LogP contribution in [-0.4, -0.2) is 33.1 Å². The molecule has 3 aromatic heterocycles. The van der Waals surface area contributed by atoms with Crippen molar-refractivity contribution in [1.29, 1.82) is 0 Å². The Labute approximate surface area is 223 Å². The molecule has 5 rings (SSSR count). The summed E-state index contributed by atoms with van der Waals surface area (Å²) in [5, 5.41) is 24.4. The predicted octanol–water partition coefficient (Wildman–Crippen LogP) is 5.00. The second-order valence-electron chi connectivity index (χ2n) is 11.0. The summed E-state index contributed by atoms with van der Waals surface area (Å²) < 4.78 is 11.5. The zero-order valence-corrected chi connectivity index (χ0v) is 22.4. The van der Waals surface area contributed by atoms with Gasteiger partial charge in [0.25, 0.3) is 0 Å². The Hall–Kier alpha value is -4.53. The number of carboxylic acids is 1. The molecule has 9 nitrogen and oxygen atoms in total. The van der Waals surface area contributed by atoms with E-state index in [1.54, 1.807) is 25.5 Å². The van der Waals surface area contributed by atoms with E-state index in [0.29, 0.717) is 38.6 Å². The number of H-pyrrole nitrogens is 1. The van der Waals surface area contributed by atoms with E-state index in [1.165, 1.54) is 12.1 Å². The third kappa shape index (κ3) is 4.65. The number of aromatic nitrogens is 1. The van der Waals surface area contributed by atoms with Gasteiger partial charge in [-0.05, 0) is 54.7 Å². The van der Waals surface area contributed by atoms with Gasteiger partial charge in [0.15, 0.2) is 0 Å². The molecule has 0 aliphatic carbocycles. The third-order valence-corrected chi connectivity index (χ3v) is 7.30. The van der Waals surface area contributed by atoms with Gasteiger partial charge >= 0.3 is 11.6 Å². The summed E-state index contributed by atoms with van der Waals surface area (Å²) in [6, 6.07) is 5.44. The standard InChI is InChI=1S/C30H30N2O7/c1-14-18-10-21-22(30(3,4)5)13-38-26(21)15(2)27(18)39-29(37)19(14)11-25(34)32-24(28(35)36)8-16-12-31-23-7-6-17(33)9-20(16)23/h6-7,9-10,12-13,24,31,33H,8,11H2,1-5H3,(H,32,34)(H,35,36)/t24-/m1/s1. The van der Waals surface area contributed by atoms with Crippen LogP contribution in [0.3, 0.4) is 0 Å². The Kier molecular flexibility index (Phi) is 6.25. The second kappa shape index (κ2) is 9.34. The van der Waals surface area contributed by atoms with E-state index in [1.807, 2.05) is 13.0 Å². The van der Waals surface area contributed by atoms with E-state index in [-0.39, 0.29) is 29.6 Å². The normalized spacial score (nSPS) is 12.8. The fourth-order valence-electron chi connectivity index (χ4n) is 5.14. The van der Waals surface area contributed by atoms with Crippen LogP contribution >= 0.6 is 0 Å². The van der Waals surface area contributed by atoms with Crippen LogP contribution in [0.5, 0.6) is 5.75 Å². The van der Waals surface area contributed by atoms with Crippen LogP contribution in [-0.2, 0) is 27.8 Å². The number of carbonyl (C=O) groups excluding carboxylic acids is 1. The van der Waals surface area contributed by atoms with Crippen LogP contribution in [0.25, 0.3) is 32.8 Å². The van der Waals surface area contributed by atoms with Crippen molar-refractivity contribution in [2.75, 3.05) is 0 Å². The number of aromatic amines is 1. The van der Waals surface area contributed by atoms with Crippen molar-refractivity contribution in [2.45, 2.75) is 58.9 Å². The number of phenolic OH excluding ortho intramolecular Hbond substituents is 1. The zero-order chi connectivity index (χ0) is 28.2. The first-order valence-electron chi connectivity index (χ1n) is 12.6. The van der Waals surface area contributed by atoms with Gasteiger partial charge in [-0.1, -0.05) is 20.8 Å². The molecule has 1 amide bonds. The lowest BCUT2D eigenvalue weighted by Crippen LogP contribution is -2.43. The highest BCUT2D eigenvalue weighted by Gasteiger charge is 2.26. The maximum atomic E-state index is 13.0. The number of carboxylic acid groups (broad SMARTS) is 1. The van der Waals surface area contributed by atoms with E-state index in [4.69, 9.17) is 8.83 Å². The second-order valence-corrected chi connectivity index (χ2v) is 11.0. The summed E-state index contributed by atoms with van der Waals surface area (Å²) in [4.78, 5) is 41.0. The predicted molar refractivity (Wildman–Crippen MR) is 147 cm³/mol. The largest absolute Gasteiger partial charge is 0.508 e. The van der Waals surface area contributed by atoms with E-state index in [2.05, 4.69) is 31.1 Å². The molecule has 0 aliphatic heterocycles. The molecule has 1 atom stereocenters. The Morgan fingerprint density at radius 3 is 2.49 bits per heavy atom. The van der Waals surface area contributed by atoms with Crippen molar-refractivity contribution < 1.29 is 28.6 Å². The van der Waals surface area contributed by atoms with Crippen molar-refractivity contribution in [1.82, 2.24) is 10.3 Å². The summed E-state index contributed by atoms with van der Waals surface area (Å²) in [5.74, 6) is -1.78. The highest BCUT2D eigenvalue weighted by Crippen LogP contribution is 2.37. The topological polar surface area (TPSA) is 146 Å². The molecular weight excluding hydrogens is 500 g/mol. The number of amides is 1. The van der Waals surface area contributed by atoms with Crippen LogP contribution in [0.4, 0.5) is 0 Å². The van der Waals surface area contributed by atoms with E-state index >= 15 is 0 Å². The van der Waals surface area contributed by atoms with Crippen molar-refractivity contribution >= 4 is 44.7 Å². The van der Waals surface area contributed by atoms with E-state index in [9.17, 15) is 24.6 Å². The number of aryl methyl sites for hydroxylation is 2. The average molecular weight is 531 g/mol. The third-order valence-electron chi connectivity index (χ3n) is 7.30. The molecule has 2 aromatic carbocycles. The number of hydrogen-bond acceptors (Lipinski definition) is 6. The summed E-state index contributed by atoms with van der Waals surface area (Å²) in [6.45, 7) is 9.85. The number of nitrogens with one attached hydrogen (secondary N) is 2. The fourth-order valence-corrected chi connectivity index (χ4v) is 5.14. The lowest BCUT2D eigenvalue weighted by atomic mass is 9.86. The van der Waals surface area contributed by atoms with Crippen LogP contribution in [0.2, 0.25) is 0 Å². The number of aliphatic carboxylic acids is 1. The van der Waals surface area contributed by atoms with Gasteiger partial charge in [-0.3, -0.25) is 4.79 Å². The van der Waals surface area contributed by atoms with Gasteiger partial charge in [0.05, 0.1) is 18.2 Å². The minimum Gasteiger partial charge on any atom is -0.508 e. The molecule has 0 aliphatic rings. The minimum atomic E-state index is -1.24. The summed E-state index contributed by atoms with van der Waals surface area (Å²) >= 11 is 0. The highest BCUT2D eigenvalue weighted by atomic mass is 16.4. The fraction of sp³-hybridized carbons (Fsp3) is 0.300. The first-order chi connectivity index (χ1) is 18.3.